The van der Waals surface area contributed by atoms with E-state index in [1.54, 1.807) is 23.1 Å². The zero-order chi connectivity index (χ0) is 26.1. The number of carbonyl (C=O) groups excluding carboxylic acids is 1. The van der Waals surface area contributed by atoms with Gasteiger partial charge in [0.25, 0.3) is 5.91 Å². The summed E-state index contributed by atoms with van der Waals surface area (Å²) >= 11 is 0. The lowest BCUT2D eigenvalue weighted by Gasteiger charge is -2.22. The van der Waals surface area contributed by atoms with Gasteiger partial charge in [0.15, 0.2) is 6.61 Å². The average molecular weight is 504 g/mol. The van der Waals surface area contributed by atoms with Gasteiger partial charge < -0.3 is 18.8 Å². The second-order valence-corrected chi connectivity index (χ2v) is 9.31. The van der Waals surface area contributed by atoms with Crippen molar-refractivity contribution < 1.29 is 18.7 Å². The average Bonchev–Trinajstić information content (AvgIpc) is 3.30. The molecular weight excluding hydrogens is 478 g/mol. The Morgan fingerprint density at radius 1 is 0.895 bits per heavy atom. The zero-order valence-corrected chi connectivity index (χ0v) is 20.8. The van der Waals surface area contributed by atoms with Crippen LogP contribution in [-0.2, 0) is 11.2 Å². The van der Waals surface area contributed by atoms with Gasteiger partial charge in [-0.25, -0.2) is 0 Å². The van der Waals surface area contributed by atoms with E-state index in [1.165, 1.54) is 6.26 Å². The molecule has 0 saturated heterocycles. The van der Waals surface area contributed by atoms with Crippen molar-refractivity contribution in [2.75, 3.05) is 11.5 Å². The molecule has 1 aromatic heterocycles. The van der Waals surface area contributed by atoms with Crippen LogP contribution in [0.5, 0.6) is 17.2 Å². The lowest BCUT2D eigenvalue weighted by molar-refractivity contribution is -0.120. The largest absolute Gasteiger partial charge is 0.484 e. The van der Waals surface area contributed by atoms with Crippen molar-refractivity contribution in [2.45, 2.75) is 19.4 Å². The molecule has 1 atom stereocenters. The maximum Gasteiger partial charge on any atom is 0.265 e. The highest BCUT2D eigenvalue weighted by atomic mass is 16.5. The normalized spacial score (nSPS) is 14.3. The van der Waals surface area contributed by atoms with E-state index in [1.807, 2.05) is 85.8 Å². The van der Waals surface area contributed by atoms with Gasteiger partial charge in [-0.1, -0.05) is 60.7 Å². The molecule has 0 spiro atoms. The number of benzene rings is 4. The second kappa shape index (κ2) is 9.90. The number of carbonyl (C=O) groups is 1. The topological polar surface area (TPSA) is 69.0 Å². The maximum atomic E-state index is 13.0. The van der Waals surface area contributed by atoms with Crippen molar-refractivity contribution in [1.29, 1.82) is 0 Å². The standard InChI is InChI=1S/C32H25NO5/c1-21-17-24-9-5-6-10-28(24)33(21)31(34)20-36-26-15-16-27-29(18-26)37-19-30(32(27)35)38-25-13-11-23(12-14-25)22-7-3-2-4-8-22/h2-16,18-19,21H,17,20H2,1H3/t21-/m0/s1. The summed E-state index contributed by atoms with van der Waals surface area (Å²) in [6.07, 6.45) is 2.12. The van der Waals surface area contributed by atoms with Gasteiger partial charge in [0.05, 0.1) is 5.39 Å². The molecule has 0 unspecified atom stereocenters. The van der Waals surface area contributed by atoms with Crippen molar-refractivity contribution in [2.24, 2.45) is 0 Å². The maximum absolute atomic E-state index is 13.0. The molecule has 6 heteroatoms. The highest BCUT2D eigenvalue weighted by Gasteiger charge is 2.30. The van der Waals surface area contributed by atoms with Gasteiger partial charge >= 0.3 is 0 Å². The molecule has 2 heterocycles. The highest BCUT2D eigenvalue weighted by molar-refractivity contribution is 5.97. The van der Waals surface area contributed by atoms with Gasteiger partial charge in [-0.15, -0.1) is 0 Å². The molecule has 0 fully saturated rings. The summed E-state index contributed by atoms with van der Waals surface area (Å²) in [6.45, 7) is 1.91. The molecule has 188 valence electrons. The monoisotopic (exact) mass is 503 g/mol. The third-order valence-electron chi connectivity index (χ3n) is 6.74. The Labute approximate surface area is 219 Å². The van der Waals surface area contributed by atoms with Crippen LogP contribution in [0.25, 0.3) is 22.1 Å². The summed E-state index contributed by atoms with van der Waals surface area (Å²) in [6, 6.07) is 30.4. The third kappa shape index (κ3) is 4.52. The van der Waals surface area contributed by atoms with E-state index in [0.717, 1.165) is 28.8 Å². The number of para-hydroxylation sites is 1. The van der Waals surface area contributed by atoms with Crippen LogP contribution in [0.2, 0.25) is 0 Å². The third-order valence-corrected chi connectivity index (χ3v) is 6.74. The number of fused-ring (bicyclic) bond motifs is 2. The number of amides is 1. The van der Waals surface area contributed by atoms with Crippen molar-refractivity contribution in [1.82, 2.24) is 0 Å². The zero-order valence-electron chi connectivity index (χ0n) is 20.8. The van der Waals surface area contributed by atoms with Gasteiger partial charge in [-0.05, 0) is 60.4 Å². The van der Waals surface area contributed by atoms with Crippen molar-refractivity contribution in [3.05, 3.63) is 119 Å². The fourth-order valence-electron chi connectivity index (χ4n) is 4.88. The Bertz CT molecular complexity index is 1670. The molecule has 1 aliphatic rings. The summed E-state index contributed by atoms with van der Waals surface area (Å²) in [5, 5.41) is 0.365. The molecule has 0 bridgehead atoms. The van der Waals surface area contributed by atoms with Crippen molar-refractivity contribution in [3.63, 3.8) is 0 Å². The SMILES string of the molecule is C[C@H]1Cc2ccccc2N1C(=O)COc1ccc2c(=O)c(Oc3ccc(-c4ccccc4)cc3)coc2c1. The minimum atomic E-state index is -0.288. The first-order valence-electron chi connectivity index (χ1n) is 12.5. The van der Waals surface area contributed by atoms with Crippen molar-refractivity contribution in [3.8, 4) is 28.4 Å². The Hall–Kier alpha value is -4.84. The van der Waals surface area contributed by atoms with E-state index >= 15 is 0 Å². The molecular formula is C32H25NO5. The molecule has 0 radical (unpaired) electrons. The number of ether oxygens (including phenoxy) is 2. The van der Waals surface area contributed by atoms with Gasteiger partial charge in [0.2, 0.25) is 11.2 Å². The molecule has 38 heavy (non-hydrogen) atoms. The van der Waals surface area contributed by atoms with Crippen LogP contribution < -0.4 is 19.8 Å². The minimum Gasteiger partial charge on any atom is -0.484 e. The number of anilines is 1. The van der Waals surface area contributed by atoms with Gasteiger partial charge in [-0.3, -0.25) is 9.59 Å². The fraction of sp³-hybridized carbons (Fsp3) is 0.125. The number of rotatable bonds is 6. The molecule has 5 aromatic rings. The second-order valence-electron chi connectivity index (χ2n) is 9.31. The molecule has 0 saturated carbocycles. The quantitative estimate of drug-likeness (QED) is 0.261. The Morgan fingerprint density at radius 2 is 1.61 bits per heavy atom. The lowest BCUT2D eigenvalue weighted by atomic mass is 10.1. The van der Waals surface area contributed by atoms with Gasteiger partial charge in [0.1, 0.15) is 23.3 Å². The predicted molar refractivity (Wildman–Crippen MR) is 147 cm³/mol. The summed E-state index contributed by atoms with van der Waals surface area (Å²) in [7, 11) is 0. The summed E-state index contributed by atoms with van der Waals surface area (Å²) < 4.78 is 17.3. The summed E-state index contributed by atoms with van der Waals surface area (Å²) in [5.41, 5.74) is 4.31. The van der Waals surface area contributed by atoms with Crippen LogP contribution in [0.1, 0.15) is 12.5 Å². The van der Waals surface area contributed by atoms with Crippen LogP contribution in [-0.4, -0.2) is 18.6 Å². The van der Waals surface area contributed by atoms with E-state index in [4.69, 9.17) is 13.9 Å². The summed E-state index contributed by atoms with van der Waals surface area (Å²) in [5.74, 6) is 0.952. The Morgan fingerprint density at radius 3 is 2.42 bits per heavy atom. The van der Waals surface area contributed by atoms with Crippen LogP contribution in [0.4, 0.5) is 5.69 Å². The predicted octanol–water partition coefficient (Wildman–Crippen LogP) is 6.61. The highest BCUT2D eigenvalue weighted by Crippen LogP contribution is 2.32. The van der Waals surface area contributed by atoms with Gasteiger partial charge in [0, 0.05) is 17.8 Å². The van der Waals surface area contributed by atoms with Crippen LogP contribution >= 0.6 is 0 Å². The molecule has 1 amide bonds. The van der Waals surface area contributed by atoms with Gasteiger partial charge in [-0.2, -0.15) is 0 Å². The van der Waals surface area contributed by atoms with E-state index in [-0.39, 0.29) is 29.7 Å². The lowest BCUT2D eigenvalue weighted by Crippen LogP contribution is -2.39. The fourth-order valence-corrected chi connectivity index (χ4v) is 4.88. The summed E-state index contributed by atoms with van der Waals surface area (Å²) in [4.78, 5) is 27.8. The Kier molecular flexibility index (Phi) is 6.14. The van der Waals surface area contributed by atoms with E-state index in [0.29, 0.717) is 22.5 Å². The molecule has 6 nitrogen and oxygen atoms in total. The number of nitrogens with zero attached hydrogens (tertiary/aromatic N) is 1. The van der Waals surface area contributed by atoms with Crippen LogP contribution in [0, 0.1) is 0 Å². The minimum absolute atomic E-state index is 0.0751. The van der Waals surface area contributed by atoms with E-state index < -0.39 is 0 Å². The van der Waals surface area contributed by atoms with Crippen molar-refractivity contribution >= 4 is 22.6 Å². The number of hydrogen-bond acceptors (Lipinski definition) is 5. The molecule has 0 N–H and O–H groups in total. The van der Waals surface area contributed by atoms with Crippen LogP contribution in [0.15, 0.2) is 113 Å². The first-order chi connectivity index (χ1) is 18.6. The molecule has 1 aliphatic heterocycles. The smallest absolute Gasteiger partial charge is 0.265 e. The Balaban J connectivity index is 1.15. The first-order valence-corrected chi connectivity index (χ1v) is 12.5. The molecule has 4 aromatic carbocycles. The molecule has 6 rings (SSSR count). The van der Waals surface area contributed by atoms with Crippen LogP contribution in [0.3, 0.4) is 0 Å². The first kappa shape index (κ1) is 23.6. The number of hydrogen-bond donors (Lipinski definition) is 0. The molecule has 0 aliphatic carbocycles. The van der Waals surface area contributed by atoms with E-state index in [2.05, 4.69) is 0 Å². The van der Waals surface area contributed by atoms with E-state index in [9.17, 15) is 9.59 Å².